The predicted molar refractivity (Wildman–Crippen MR) is 111 cm³/mol. The maximum atomic E-state index is 12.0. The molecule has 0 unspecified atom stereocenters. The molecule has 2 amide bonds. The number of thioether (sulfide) groups is 1. The molecule has 0 saturated carbocycles. The normalized spacial score (nSPS) is 10.6. The Morgan fingerprint density at radius 3 is 2.43 bits per heavy atom. The van der Waals surface area contributed by atoms with Crippen LogP contribution in [0.4, 0.5) is 10.3 Å². The van der Waals surface area contributed by atoms with E-state index in [0.717, 1.165) is 34.4 Å². The van der Waals surface area contributed by atoms with Crippen molar-refractivity contribution in [3.63, 3.8) is 0 Å². The van der Waals surface area contributed by atoms with Gasteiger partial charge in [0.25, 0.3) is 0 Å². The van der Waals surface area contributed by atoms with E-state index < -0.39 is 0 Å². The highest BCUT2D eigenvalue weighted by Crippen LogP contribution is 2.19. The minimum Gasteiger partial charge on any atom is -0.303 e. The lowest BCUT2D eigenvalue weighted by atomic mass is 10.2. The fourth-order valence-electron chi connectivity index (χ4n) is 2.12. The van der Waals surface area contributed by atoms with E-state index >= 15 is 0 Å². The van der Waals surface area contributed by atoms with E-state index in [1.165, 1.54) is 22.7 Å². The molecule has 3 aromatic heterocycles. The van der Waals surface area contributed by atoms with E-state index in [2.05, 4.69) is 36.0 Å². The van der Waals surface area contributed by atoms with Gasteiger partial charge >= 0.3 is 0 Å². The molecular weight excluding hydrogens is 418 g/mol. The summed E-state index contributed by atoms with van der Waals surface area (Å²) in [6.45, 7) is 0. The molecule has 146 valence electrons. The highest BCUT2D eigenvalue weighted by atomic mass is 32.2. The van der Waals surface area contributed by atoms with Crippen molar-refractivity contribution in [2.45, 2.75) is 19.3 Å². The summed E-state index contributed by atoms with van der Waals surface area (Å²) in [5, 5.41) is 24.1. The molecule has 0 radical (unpaired) electrons. The van der Waals surface area contributed by atoms with Crippen molar-refractivity contribution in [2.75, 3.05) is 22.1 Å². The third-order valence-electron chi connectivity index (χ3n) is 3.35. The summed E-state index contributed by atoms with van der Waals surface area (Å²) in [7, 11) is 0. The third kappa shape index (κ3) is 6.62. The molecule has 0 bridgehead atoms. The Labute approximate surface area is 173 Å². The van der Waals surface area contributed by atoms with Crippen LogP contribution in [0.2, 0.25) is 0 Å². The van der Waals surface area contributed by atoms with Gasteiger partial charge in [0.05, 0.1) is 6.42 Å². The second-order valence-electron chi connectivity index (χ2n) is 5.42. The molecule has 0 aliphatic heterocycles. The van der Waals surface area contributed by atoms with E-state index in [9.17, 15) is 9.59 Å². The standard InChI is InChI=1S/C16H17N7O2S3/c24-10-18-15-22-20-13(27-15)4-7-26-8-5-14-21-23-16(28-14)19-12(25)9-11-3-1-2-6-17-11/h1-3,6,10H,4-5,7-9H2,(H,18,22,24)(H,19,23,25). The number of nitrogens with zero attached hydrogens (tertiary/aromatic N) is 5. The number of rotatable bonds is 11. The molecule has 0 saturated heterocycles. The summed E-state index contributed by atoms with van der Waals surface area (Å²) >= 11 is 4.55. The zero-order valence-corrected chi connectivity index (χ0v) is 17.1. The molecule has 0 aromatic carbocycles. The van der Waals surface area contributed by atoms with Crippen molar-refractivity contribution in [3.8, 4) is 0 Å². The fraction of sp³-hybridized carbons (Fsp3) is 0.312. The summed E-state index contributed by atoms with van der Waals surface area (Å²) in [5.41, 5.74) is 0.714. The van der Waals surface area contributed by atoms with Crippen LogP contribution in [-0.4, -0.2) is 49.2 Å². The second kappa shape index (κ2) is 10.8. The van der Waals surface area contributed by atoms with Gasteiger partial charge in [-0.25, -0.2) is 0 Å². The Morgan fingerprint density at radius 1 is 1.04 bits per heavy atom. The van der Waals surface area contributed by atoms with Crippen molar-refractivity contribution >= 4 is 57.0 Å². The van der Waals surface area contributed by atoms with E-state index in [1.54, 1.807) is 18.0 Å². The van der Waals surface area contributed by atoms with E-state index in [-0.39, 0.29) is 12.3 Å². The molecule has 0 atom stereocenters. The van der Waals surface area contributed by atoms with Crippen molar-refractivity contribution in [3.05, 3.63) is 40.1 Å². The smallest absolute Gasteiger partial charge is 0.232 e. The molecule has 3 heterocycles. The van der Waals surface area contributed by atoms with Crippen LogP contribution in [0.25, 0.3) is 0 Å². The predicted octanol–water partition coefficient (Wildman–Crippen LogP) is 2.05. The molecule has 0 aliphatic rings. The van der Waals surface area contributed by atoms with Gasteiger partial charge in [0.1, 0.15) is 10.0 Å². The summed E-state index contributed by atoms with van der Waals surface area (Å²) in [4.78, 5) is 26.5. The van der Waals surface area contributed by atoms with Crippen LogP contribution in [0.5, 0.6) is 0 Å². The SMILES string of the molecule is O=CNc1nnc(CCSCCc2nnc(NC(=O)Cc3ccccn3)s2)s1. The minimum absolute atomic E-state index is 0.156. The Morgan fingerprint density at radius 2 is 1.75 bits per heavy atom. The van der Waals surface area contributed by atoms with Gasteiger partial charge in [-0.2, -0.15) is 11.8 Å². The van der Waals surface area contributed by atoms with Crippen molar-refractivity contribution < 1.29 is 9.59 Å². The molecule has 0 fully saturated rings. The lowest BCUT2D eigenvalue weighted by Crippen LogP contribution is -2.14. The lowest BCUT2D eigenvalue weighted by molar-refractivity contribution is -0.115. The molecule has 2 N–H and O–H groups in total. The Bertz CT molecular complexity index is 901. The number of aryl methyl sites for hydroxylation is 2. The molecule has 3 rings (SSSR count). The third-order valence-corrected chi connectivity index (χ3v) is 6.15. The fourth-order valence-corrected chi connectivity index (χ4v) is 4.71. The van der Waals surface area contributed by atoms with Gasteiger partial charge in [0.2, 0.25) is 22.6 Å². The average Bonchev–Trinajstić information content (AvgIpc) is 3.32. The number of nitrogens with one attached hydrogen (secondary N) is 2. The van der Waals surface area contributed by atoms with Crippen molar-refractivity contribution in [2.24, 2.45) is 0 Å². The van der Waals surface area contributed by atoms with Crippen LogP contribution < -0.4 is 10.6 Å². The topological polar surface area (TPSA) is 123 Å². The number of carbonyl (C=O) groups is 2. The van der Waals surface area contributed by atoms with Gasteiger partial charge in [-0.1, -0.05) is 28.7 Å². The summed E-state index contributed by atoms with van der Waals surface area (Å²) < 4.78 is 0. The van der Waals surface area contributed by atoms with E-state index in [1.807, 2.05) is 18.2 Å². The number of amides is 2. The van der Waals surface area contributed by atoms with Gasteiger partial charge in [0, 0.05) is 24.7 Å². The van der Waals surface area contributed by atoms with Gasteiger partial charge in [-0.3, -0.25) is 14.6 Å². The summed E-state index contributed by atoms with van der Waals surface area (Å²) in [6.07, 6.45) is 4.05. The van der Waals surface area contributed by atoms with E-state index in [0.29, 0.717) is 22.4 Å². The van der Waals surface area contributed by atoms with Gasteiger partial charge in [0.15, 0.2) is 0 Å². The molecule has 3 aromatic rings. The van der Waals surface area contributed by atoms with Crippen LogP contribution in [0.15, 0.2) is 24.4 Å². The van der Waals surface area contributed by atoms with Crippen LogP contribution in [-0.2, 0) is 28.9 Å². The zero-order valence-electron chi connectivity index (χ0n) is 14.7. The number of anilines is 2. The minimum atomic E-state index is -0.156. The average molecular weight is 436 g/mol. The highest BCUT2D eigenvalue weighted by Gasteiger charge is 2.10. The molecule has 0 aliphatic carbocycles. The molecule has 28 heavy (non-hydrogen) atoms. The van der Waals surface area contributed by atoms with Gasteiger partial charge < -0.3 is 10.6 Å². The summed E-state index contributed by atoms with van der Waals surface area (Å²) in [5.74, 6) is 1.65. The molecular formula is C16H17N7O2S3. The zero-order chi connectivity index (χ0) is 19.6. The Kier molecular flexibility index (Phi) is 7.82. The van der Waals surface area contributed by atoms with Crippen LogP contribution in [0.1, 0.15) is 15.7 Å². The monoisotopic (exact) mass is 435 g/mol. The first kappa shape index (κ1) is 20.3. The number of pyridine rings is 1. The maximum Gasteiger partial charge on any atom is 0.232 e. The number of hydrogen-bond donors (Lipinski definition) is 2. The van der Waals surface area contributed by atoms with E-state index in [4.69, 9.17) is 0 Å². The van der Waals surface area contributed by atoms with Crippen LogP contribution in [0, 0.1) is 0 Å². The molecule has 12 heteroatoms. The lowest BCUT2D eigenvalue weighted by Gasteiger charge is -2.00. The number of carbonyl (C=O) groups excluding carboxylic acids is 2. The van der Waals surface area contributed by atoms with Crippen LogP contribution >= 0.6 is 34.4 Å². The Balaban J connectivity index is 1.34. The highest BCUT2D eigenvalue weighted by molar-refractivity contribution is 7.99. The molecule has 0 spiro atoms. The maximum absolute atomic E-state index is 12.0. The molecule has 9 nitrogen and oxygen atoms in total. The second-order valence-corrected chi connectivity index (χ2v) is 8.77. The first-order chi connectivity index (χ1) is 13.7. The largest absolute Gasteiger partial charge is 0.303 e. The van der Waals surface area contributed by atoms with Crippen molar-refractivity contribution in [1.82, 2.24) is 25.4 Å². The first-order valence-corrected chi connectivity index (χ1v) is 11.1. The van der Waals surface area contributed by atoms with Gasteiger partial charge in [-0.15, -0.1) is 20.4 Å². The summed E-state index contributed by atoms with van der Waals surface area (Å²) in [6, 6.07) is 5.47. The Hall–Kier alpha value is -2.44. The van der Waals surface area contributed by atoms with Gasteiger partial charge in [-0.05, 0) is 23.6 Å². The van der Waals surface area contributed by atoms with Crippen LogP contribution in [0.3, 0.4) is 0 Å². The van der Waals surface area contributed by atoms with Crippen molar-refractivity contribution in [1.29, 1.82) is 0 Å². The number of hydrogen-bond acceptors (Lipinski definition) is 10. The first-order valence-electron chi connectivity index (χ1n) is 8.35. The quantitative estimate of drug-likeness (QED) is 0.347. The number of aromatic nitrogens is 5.